The lowest BCUT2D eigenvalue weighted by Gasteiger charge is -2.15. The van der Waals surface area contributed by atoms with Gasteiger partial charge in [0.25, 0.3) is 0 Å². The van der Waals surface area contributed by atoms with E-state index < -0.39 is 22.0 Å². The fourth-order valence-corrected chi connectivity index (χ4v) is 3.36. The molecule has 5 nitrogen and oxygen atoms in total. The van der Waals surface area contributed by atoms with Crippen molar-refractivity contribution in [2.24, 2.45) is 5.92 Å². The van der Waals surface area contributed by atoms with E-state index in [1.165, 1.54) is 0 Å². The van der Waals surface area contributed by atoms with E-state index in [4.69, 9.17) is 5.11 Å². The molecule has 0 radical (unpaired) electrons. The molecule has 0 bridgehead atoms. The molecule has 0 heterocycles. The quantitative estimate of drug-likeness (QED) is 0.772. The number of benzene rings is 1. The highest BCUT2D eigenvalue weighted by atomic mass is 32.2. The van der Waals surface area contributed by atoms with Crippen molar-refractivity contribution in [3.05, 3.63) is 29.8 Å². The van der Waals surface area contributed by atoms with E-state index in [9.17, 15) is 13.2 Å². The molecule has 0 saturated heterocycles. The Bertz CT molecular complexity index is 564. The maximum absolute atomic E-state index is 12.2. The van der Waals surface area contributed by atoms with E-state index in [2.05, 4.69) is 18.6 Å². The molecule has 0 aliphatic rings. The SMILES string of the molecule is CCC(CC(=O)O)NS(=O)(=O)c1ccc(CC(C)C)cc1. The topological polar surface area (TPSA) is 83.5 Å². The first kappa shape index (κ1) is 17.7. The van der Waals surface area contributed by atoms with E-state index in [-0.39, 0.29) is 11.3 Å². The number of aliphatic carboxylic acids is 1. The molecule has 1 atom stereocenters. The first-order valence-electron chi connectivity index (χ1n) is 7.07. The van der Waals surface area contributed by atoms with Crippen LogP contribution in [0, 0.1) is 5.92 Å². The molecule has 0 saturated carbocycles. The van der Waals surface area contributed by atoms with Crippen molar-refractivity contribution in [3.63, 3.8) is 0 Å². The average Bonchev–Trinajstić information content (AvgIpc) is 2.37. The summed E-state index contributed by atoms with van der Waals surface area (Å²) >= 11 is 0. The molecule has 0 aliphatic heterocycles. The zero-order chi connectivity index (χ0) is 16.0. The molecular weight excluding hydrogens is 290 g/mol. The first-order chi connectivity index (χ1) is 9.74. The molecule has 1 unspecified atom stereocenters. The van der Waals surface area contributed by atoms with Crippen LogP contribution in [0.2, 0.25) is 0 Å². The molecule has 118 valence electrons. The van der Waals surface area contributed by atoms with Gasteiger partial charge < -0.3 is 5.11 Å². The summed E-state index contributed by atoms with van der Waals surface area (Å²) in [5.41, 5.74) is 1.08. The molecule has 1 rings (SSSR count). The second kappa shape index (κ2) is 7.56. The number of hydrogen-bond donors (Lipinski definition) is 2. The van der Waals surface area contributed by atoms with Crippen LogP contribution in [-0.4, -0.2) is 25.5 Å². The minimum atomic E-state index is -3.68. The van der Waals surface area contributed by atoms with Crippen LogP contribution in [0.1, 0.15) is 39.2 Å². The molecular formula is C15H23NO4S. The Balaban J connectivity index is 2.84. The van der Waals surface area contributed by atoms with Gasteiger partial charge in [-0.05, 0) is 36.5 Å². The summed E-state index contributed by atoms with van der Waals surface area (Å²) in [5.74, 6) is -0.512. The smallest absolute Gasteiger partial charge is 0.304 e. The Morgan fingerprint density at radius 3 is 2.24 bits per heavy atom. The lowest BCUT2D eigenvalue weighted by atomic mass is 10.0. The Kier molecular flexibility index (Phi) is 6.36. The highest BCUT2D eigenvalue weighted by molar-refractivity contribution is 7.89. The van der Waals surface area contributed by atoms with Gasteiger partial charge in [-0.3, -0.25) is 4.79 Å². The predicted molar refractivity (Wildman–Crippen MR) is 81.6 cm³/mol. The molecule has 0 aromatic heterocycles. The predicted octanol–water partition coefficient (Wildman–Crippen LogP) is 2.42. The summed E-state index contributed by atoms with van der Waals surface area (Å²) in [6.07, 6.45) is 1.10. The second-order valence-corrected chi connectivity index (χ2v) is 7.28. The van der Waals surface area contributed by atoms with Gasteiger partial charge in [0.05, 0.1) is 11.3 Å². The largest absolute Gasteiger partial charge is 0.481 e. The van der Waals surface area contributed by atoms with E-state index in [1.54, 1.807) is 31.2 Å². The molecule has 21 heavy (non-hydrogen) atoms. The van der Waals surface area contributed by atoms with Crippen LogP contribution >= 0.6 is 0 Å². The molecule has 6 heteroatoms. The zero-order valence-corrected chi connectivity index (χ0v) is 13.5. The van der Waals surface area contributed by atoms with Crippen LogP contribution in [0.25, 0.3) is 0 Å². The van der Waals surface area contributed by atoms with E-state index in [0.29, 0.717) is 12.3 Å². The number of hydrogen-bond acceptors (Lipinski definition) is 3. The van der Waals surface area contributed by atoms with Crippen molar-refractivity contribution in [1.29, 1.82) is 0 Å². The first-order valence-corrected chi connectivity index (χ1v) is 8.56. The average molecular weight is 313 g/mol. The minimum Gasteiger partial charge on any atom is -0.481 e. The standard InChI is InChI=1S/C15H23NO4S/c1-4-13(10-15(17)18)16-21(19,20)14-7-5-12(6-8-14)9-11(2)3/h5-8,11,13,16H,4,9-10H2,1-3H3,(H,17,18). The lowest BCUT2D eigenvalue weighted by Crippen LogP contribution is -2.36. The fourth-order valence-electron chi connectivity index (χ4n) is 2.04. The number of carbonyl (C=O) groups is 1. The zero-order valence-electron chi connectivity index (χ0n) is 12.7. The summed E-state index contributed by atoms with van der Waals surface area (Å²) in [6.45, 7) is 5.95. The van der Waals surface area contributed by atoms with Crippen LogP contribution < -0.4 is 4.72 Å². The van der Waals surface area contributed by atoms with Crippen LogP contribution in [0.5, 0.6) is 0 Å². The highest BCUT2D eigenvalue weighted by Crippen LogP contribution is 2.15. The van der Waals surface area contributed by atoms with Crippen LogP contribution in [0.4, 0.5) is 0 Å². The third-order valence-corrected chi connectivity index (χ3v) is 4.65. The number of carboxylic acid groups (broad SMARTS) is 1. The summed E-state index contributed by atoms with van der Waals surface area (Å²) in [7, 11) is -3.68. The molecule has 0 aliphatic carbocycles. The Hall–Kier alpha value is -1.40. The lowest BCUT2D eigenvalue weighted by molar-refractivity contribution is -0.137. The number of nitrogens with one attached hydrogen (secondary N) is 1. The molecule has 0 amide bonds. The number of rotatable bonds is 8. The number of carboxylic acids is 1. The maximum atomic E-state index is 12.2. The fraction of sp³-hybridized carbons (Fsp3) is 0.533. The summed E-state index contributed by atoms with van der Waals surface area (Å²) in [5, 5.41) is 8.77. The van der Waals surface area contributed by atoms with Gasteiger partial charge in [0.1, 0.15) is 0 Å². The van der Waals surface area contributed by atoms with Gasteiger partial charge in [-0.25, -0.2) is 13.1 Å². The van der Waals surface area contributed by atoms with Crippen molar-refractivity contribution in [1.82, 2.24) is 4.72 Å². The van der Waals surface area contributed by atoms with Gasteiger partial charge in [-0.2, -0.15) is 0 Å². The Labute approximate surface area is 126 Å². The van der Waals surface area contributed by atoms with Crippen molar-refractivity contribution in [2.75, 3.05) is 0 Å². The third-order valence-electron chi connectivity index (χ3n) is 3.11. The highest BCUT2D eigenvalue weighted by Gasteiger charge is 2.20. The normalized spacial score (nSPS) is 13.3. The molecule has 0 fully saturated rings. The third kappa shape index (κ3) is 5.85. The van der Waals surface area contributed by atoms with Gasteiger partial charge in [0.2, 0.25) is 10.0 Å². The van der Waals surface area contributed by atoms with Crippen molar-refractivity contribution in [3.8, 4) is 0 Å². The van der Waals surface area contributed by atoms with Crippen LogP contribution in [0.3, 0.4) is 0 Å². The molecule has 2 N–H and O–H groups in total. The monoisotopic (exact) mass is 313 g/mol. The Morgan fingerprint density at radius 1 is 1.24 bits per heavy atom. The second-order valence-electron chi connectivity index (χ2n) is 5.57. The number of sulfonamides is 1. The van der Waals surface area contributed by atoms with E-state index in [0.717, 1.165) is 12.0 Å². The minimum absolute atomic E-state index is 0.166. The van der Waals surface area contributed by atoms with Gasteiger partial charge in [-0.15, -0.1) is 0 Å². The van der Waals surface area contributed by atoms with Crippen LogP contribution in [0.15, 0.2) is 29.2 Å². The molecule has 0 spiro atoms. The van der Waals surface area contributed by atoms with Crippen molar-refractivity contribution < 1.29 is 18.3 Å². The van der Waals surface area contributed by atoms with Crippen molar-refractivity contribution in [2.45, 2.75) is 51.0 Å². The maximum Gasteiger partial charge on any atom is 0.304 e. The van der Waals surface area contributed by atoms with Gasteiger partial charge in [-0.1, -0.05) is 32.9 Å². The van der Waals surface area contributed by atoms with E-state index in [1.807, 2.05) is 0 Å². The van der Waals surface area contributed by atoms with Crippen molar-refractivity contribution >= 4 is 16.0 Å². The van der Waals surface area contributed by atoms with Gasteiger partial charge in [0, 0.05) is 6.04 Å². The summed E-state index contributed by atoms with van der Waals surface area (Å²) in [4.78, 5) is 10.9. The van der Waals surface area contributed by atoms with E-state index >= 15 is 0 Å². The van der Waals surface area contributed by atoms with Crippen LogP contribution in [-0.2, 0) is 21.2 Å². The molecule has 1 aromatic carbocycles. The van der Waals surface area contributed by atoms with Gasteiger partial charge in [0.15, 0.2) is 0 Å². The van der Waals surface area contributed by atoms with Gasteiger partial charge >= 0.3 is 5.97 Å². The summed E-state index contributed by atoms with van der Waals surface area (Å²) < 4.78 is 26.9. The Morgan fingerprint density at radius 2 is 1.81 bits per heavy atom. The molecule has 1 aromatic rings. The summed E-state index contributed by atoms with van der Waals surface area (Å²) in [6, 6.07) is 6.13.